The van der Waals surface area contributed by atoms with Crippen LogP contribution in [0.25, 0.3) is 0 Å². The van der Waals surface area contributed by atoms with Crippen molar-refractivity contribution in [2.45, 2.75) is 31.8 Å². The first-order valence-electron chi connectivity index (χ1n) is 4.83. The van der Waals surface area contributed by atoms with Crippen LogP contribution in [0.5, 0.6) is 0 Å². The Morgan fingerprint density at radius 3 is 3.31 bits per heavy atom. The minimum atomic E-state index is 0.553. The SMILES string of the molecule is C1=CC(NCc2ccn[nH]2)CCC1. The van der Waals surface area contributed by atoms with Gasteiger partial charge in [-0.15, -0.1) is 0 Å². The molecule has 1 aromatic rings. The molecule has 3 heteroatoms. The molecule has 2 N–H and O–H groups in total. The second-order valence-electron chi connectivity index (χ2n) is 3.43. The molecule has 0 aliphatic heterocycles. The van der Waals surface area contributed by atoms with Gasteiger partial charge in [-0.05, 0) is 25.3 Å². The monoisotopic (exact) mass is 177 g/mol. The smallest absolute Gasteiger partial charge is 0.0490 e. The number of H-pyrrole nitrogens is 1. The van der Waals surface area contributed by atoms with Gasteiger partial charge >= 0.3 is 0 Å². The maximum Gasteiger partial charge on any atom is 0.0490 e. The van der Waals surface area contributed by atoms with Crippen LogP contribution in [0.4, 0.5) is 0 Å². The fourth-order valence-corrected chi connectivity index (χ4v) is 1.61. The lowest BCUT2D eigenvalue weighted by atomic mass is 10.0. The first kappa shape index (κ1) is 8.51. The Morgan fingerprint density at radius 2 is 2.62 bits per heavy atom. The van der Waals surface area contributed by atoms with Gasteiger partial charge in [0.15, 0.2) is 0 Å². The van der Waals surface area contributed by atoms with Crippen molar-refractivity contribution in [3.63, 3.8) is 0 Å². The number of nitrogens with one attached hydrogen (secondary N) is 2. The molecule has 1 aliphatic carbocycles. The standard InChI is InChI=1S/C10H15N3/c1-2-4-9(5-3-1)11-8-10-6-7-12-13-10/h2,4,6-7,9,11H,1,3,5,8H2,(H,12,13). The quantitative estimate of drug-likeness (QED) is 0.689. The molecule has 1 unspecified atom stereocenters. The molecule has 1 aromatic heterocycles. The molecule has 3 nitrogen and oxygen atoms in total. The van der Waals surface area contributed by atoms with Crippen LogP contribution >= 0.6 is 0 Å². The van der Waals surface area contributed by atoms with Gasteiger partial charge in [0.25, 0.3) is 0 Å². The number of hydrogen-bond donors (Lipinski definition) is 2. The summed E-state index contributed by atoms with van der Waals surface area (Å²) in [5.41, 5.74) is 1.15. The van der Waals surface area contributed by atoms with Gasteiger partial charge in [0.1, 0.15) is 0 Å². The predicted octanol–water partition coefficient (Wildman–Crippen LogP) is 1.61. The van der Waals surface area contributed by atoms with E-state index in [0.29, 0.717) is 6.04 Å². The van der Waals surface area contributed by atoms with E-state index < -0.39 is 0 Å². The van der Waals surface area contributed by atoms with E-state index >= 15 is 0 Å². The van der Waals surface area contributed by atoms with Crippen LogP contribution in [0.1, 0.15) is 25.0 Å². The molecule has 0 aromatic carbocycles. The molecule has 1 atom stereocenters. The highest BCUT2D eigenvalue weighted by Crippen LogP contribution is 2.10. The van der Waals surface area contributed by atoms with E-state index in [-0.39, 0.29) is 0 Å². The maximum absolute atomic E-state index is 3.90. The van der Waals surface area contributed by atoms with Crippen LogP contribution in [0, 0.1) is 0 Å². The zero-order chi connectivity index (χ0) is 8.93. The Hall–Kier alpha value is -1.09. The summed E-state index contributed by atoms with van der Waals surface area (Å²) in [6.07, 6.45) is 10.1. The molecular weight excluding hydrogens is 162 g/mol. The Morgan fingerprint density at radius 1 is 1.62 bits per heavy atom. The summed E-state index contributed by atoms with van der Waals surface area (Å²) in [6, 6.07) is 2.55. The number of allylic oxidation sites excluding steroid dienone is 1. The lowest BCUT2D eigenvalue weighted by Crippen LogP contribution is -2.27. The molecule has 0 amide bonds. The number of hydrogen-bond acceptors (Lipinski definition) is 2. The Balaban J connectivity index is 1.79. The second kappa shape index (κ2) is 4.23. The van der Waals surface area contributed by atoms with Gasteiger partial charge in [0.2, 0.25) is 0 Å². The number of aromatic amines is 1. The zero-order valence-corrected chi connectivity index (χ0v) is 7.66. The summed E-state index contributed by atoms with van der Waals surface area (Å²) in [7, 11) is 0. The van der Waals surface area contributed by atoms with Crippen LogP contribution in [0.15, 0.2) is 24.4 Å². The zero-order valence-electron chi connectivity index (χ0n) is 7.66. The molecular formula is C10H15N3. The molecule has 0 saturated heterocycles. The molecule has 1 aliphatic rings. The highest BCUT2D eigenvalue weighted by molar-refractivity contribution is 5.01. The first-order valence-corrected chi connectivity index (χ1v) is 4.83. The van der Waals surface area contributed by atoms with Crippen molar-refractivity contribution < 1.29 is 0 Å². The molecule has 70 valence electrons. The predicted molar refractivity (Wildman–Crippen MR) is 52.2 cm³/mol. The van der Waals surface area contributed by atoms with Crippen LogP contribution in [0.2, 0.25) is 0 Å². The Bertz CT molecular complexity index is 264. The third-order valence-electron chi connectivity index (χ3n) is 2.37. The van der Waals surface area contributed by atoms with Gasteiger partial charge in [-0.2, -0.15) is 5.10 Å². The highest BCUT2D eigenvalue weighted by Gasteiger charge is 2.06. The molecule has 0 bridgehead atoms. The van der Waals surface area contributed by atoms with Gasteiger partial charge in [-0.25, -0.2) is 0 Å². The van der Waals surface area contributed by atoms with Crippen LogP contribution < -0.4 is 5.32 Å². The summed E-state index contributed by atoms with van der Waals surface area (Å²) >= 11 is 0. The second-order valence-corrected chi connectivity index (χ2v) is 3.43. The summed E-state index contributed by atoms with van der Waals surface area (Å²) in [4.78, 5) is 0. The maximum atomic E-state index is 3.90. The first-order chi connectivity index (χ1) is 6.45. The molecule has 0 saturated carbocycles. The fraction of sp³-hybridized carbons (Fsp3) is 0.500. The van der Waals surface area contributed by atoms with E-state index in [0.717, 1.165) is 12.2 Å². The van der Waals surface area contributed by atoms with Crippen molar-refractivity contribution in [1.82, 2.24) is 15.5 Å². The van der Waals surface area contributed by atoms with Crippen molar-refractivity contribution >= 4 is 0 Å². The van der Waals surface area contributed by atoms with Crippen molar-refractivity contribution in [2.75, 3.05) is 0 Å². The average molecular weight is 177 g/mol. The highest BCUT2D eigenvalue weighted by atomic mass is 15.1. The number of rotatable bonds is 3. The summed E-state index contributed by atoms with van der Waals surface area (Å²) < 4.78 is 0. The van der Waals surface area contributed by atoms with E-state index in [2.05, 4.69) is 27.7 Å². The summed E-state index contributed by atoms with van der Waals surface area (Å²) in [5.74, 6) is 0. The van der Waals surface area contributed by atoms with E-state index in [1.54, 1.807) is 6.20 Å². The third kappa shape index (κ3) is 2.42. The molecule has 1 heterocycles. The molecule has 0 fully saturated rings. The van der Waals surface area contributed by atoms with E-state index in [1.165, 1.54) is 19.3 Å². The third-order valence-corrected chi connectivity index (χ3v) is 2.37. The van der Waals surface area contributed by atoms with Crippen LogP contribution in [0.3, 0.4) is 0 Å². The van der Waals surface area contributed by atoms with Gasteiger partial charge in [-0.3, -0.25) is 5.10 Å². The van der Waals surface area contributed by atoms with E-state index in [1.807, 2.05) is 6.07 Å². The van der Waals surface area contributed by atoms with Crippen molar-refractivity contribution in [2.24, 2.45) is 0 Å². The van der Waals surface area contributed by atoms with Crippen molar-refractivity contribution in [3.05, 3.63) is 30.1 Å². The van der Waals surface area contributed by atoms with Crippen molar-refractivity contribution in [1.29, 1.82) is 0 Å². The minimum absolute atomic E-state index is 0.553. The van der Waals surface area contributed by atoms with Crippen molar-refractivity contribution in [3.8, 4) is 0 Å². The normalized spacial score (nSPS) is 22.0. The average Bonchev–Trinajstić information content (AvgIpc) is 2.69. The lowest BCUT2D eigenvalue weighted by molar-refractivity contribution is 0.518. The van der Waals surface area contributed by atoms with Gasteiger partial charge in [-0.1, -0.05) is 12.2 Å². The fourth-order valence-electron chi connectivity index (χ4n) is 1.61. The summed E-state index contributed by atoms with van der Waals surface area (Å²) in [6.45, 7) is 0.884. The Labute approximate surface area is 78.2 Å². The van der Waals surface area contributed by atoms with Crippen LogP contribution in [-0.4, -0.2) is 16.2 Å². The van der Waals surface area contributed by atoms with E-state index in [4.69, 9.17) is 0 Å². The molecule has 0 radical (unpaired) electrons. The Kier molecular flexibility index (Phi) is 2.77. The van der Waals surface area contributed by atoms with E-state index in [9.17, 15) is 0 Å². The topological polar surface area (TPSA) is 40.7 Å². The molecule has 0 spiro atoms. The minimum Gasteiger partial charge on any atom is -0.305 e. The number of nitrogens with zero attached hydrogens (tertiary/aromatic N) is 1. The summed E-state index contributed by atoms with van der Waals surface area (Å²) in [5, 5.41) is 10.3. The van der Waals surface area contributed by atoms with Crippen LogP contribution in [-0.2, 0) is 6.54 Å². The van der Waals surface area contributed by atoms with Gasteiger partial charge < -0.3 is 5.32 Å². The lowest BCUT2D eigenvalue weighted by Gasteiger charge is -2.17. The van der Waals surface area contributed by atoms with Gasteiger partial charge in [0.05, 0.1) is 0 Å². The molecule has 2 rings (SSSR count). The molecule has 13 heavy (non-hydrogen) atoms. The largest absolute Gasteiger partial charge is 0.305 e. The number of aromatic nitrogens is 2. The van der Waals surface area contributed by atoms with Gasteiger partial charge in [0, 0.05) is 24.5 Å².